The Morgan fingerprint density at radius 1 is 0.607 bits per heavy atom. The van der Waals surface area contributed by atoms with E-state index in [9.17, 15) is 19.5 Å². The normalized spacial score (nSPS) is 19.1. The lowest BCUT2D eigenvalue weighted by molar-refractivity contribution is 0.0475. The number of rotatable bonds is 1. The number of benzene rings is 3. The Bertz CT molecular complexity index is 1060. The van der Waals surface area contributed by atoms with Gasteiger partial charge in [0, 0.05) is 16.7 Å². The molecule has 0 spiro atoms. The highest BCUT2D eigenvalue weighted by atomic mass is 16.3. The van der Waals surface area contributed by atoms with E-state index in [2.05, 4.69) is 10.6 Å². The van der Waals surface area contributed by atoms with E-state index in [0.29, 0.717) is 27.8 Å². The molecule has 1 unspecified atom stereocenters. The quantitative estimate of drug-likeness (QED) is 0.571. The average Bonchev–Trinajstić information content (AvgIpc) is 3.17. The third kappa shape index (κ3) is 2.86. The van der Waals surface area contributed by atoms with E-state index in [0.717, 1.165) is 0 Å². The molecule has 0 radical (unpaired) electrons. The van der Waals surface area contributed by atoms with Crippen molar-refractivity contribution in [2.24, 2.45) is 0 Å². The lowest BCUT2D eigenvalue weighted by atomic mass is 9.95. The summed E-state index contributed by atoms with van der Waals surface area (Å²) < 4.78 is 0. The zero-order valence-electron chi connectivity index (χ0n) is 14.7. The summed E-state index contributed by atoms with van der Waals surface area (Å²) >= 11 is 0. The molecule has 0 saturated heterocycles. The Morgan fingerprint density at radius 3 is 1.71 bits per heavy atom. The minimum absolute atomic E-state index is 0.244. The van der Waals surface area contributed by atoms with Crippen LogP contribution in [0.5, 0.6) is 0 Å². The van der Waals surface area contributed by atoms with Gasteiger partial charge in [0.1, 0.15) is 0 Å². The van der Waals surface area contributed by atoms with E-state index in [4.69, 9.17) is 0 Å². The summed E-state index contributed by atoms with van der Waals surface area (Å²) in [5.74, 6) is -0.844. The van der Waals surface area contributed by atoms with Gasteiger partial charge in [-0.05, 0) is 18.2 Å². The second kappa shape index (κ2) is 6.75. The van der Waals surface area contributed by atoms with Crippen LogP contribution in [0.3, 0.4) is 0 Å². The molecule has 3 N–H and O–H groups in total. The molecule has 138 valence electrons. The number of carbonyl (C=O) groups is 3. The van der Waals surface area contributed by atoms with Crippen LogP contribution < -0.4 is 10.6 Å². The highest BCUT2D eigenvalue weighted by Gasteiger charge is 2.42. The molecule has 3 amide bonds. The van der Waals surface area contributed by atoms with E-state index >= 15 is 0 Å². The van der Waals surface area contributed by atoms with Crippen LogP contribution in [-0.4, -0.2) is 22.8 Å². The zero-order chi connectivity index (χ0) is 19.7. The topological polar surface area (TPSA) is 95.5 Å². The van der Waals surface area contributed by atoms with Crippen molar-refractivity contribution in [3.63, 3.8) is 0 Å². The highest BCUT2D eigenvalue weighted by molar-refractivity contribution is 6.21. The fourth-order valence-corrected chi connectivity index (χ4v) is 3.32. The number of imide groups is 1. The molecule has 0 aliphatic carbocycles. The third-order valence-electron chi connectivity index (χ3n) is 4.69. The average molecular weight is 372 g/mol. The molecule has 2 aliphatic heterocycles. The first-order valence-electron chi connectivity index (χ1n) is 8.65. The van der Waals surface area contributed by atoms with Crippen LogP contribution in [0.15, 0.2) is 78.9 Å². The maximum atomic E-state index is 11.8. The molecular weight excluding hydrogens is 356 g/mol. The molecule has 0 saturated carbocycles. The first-order chi connectivity index (χ1) is 13.5. The Kier molecular flexibility index (Phi) is 4.25. The van der Waals surface area contributed by atoms with Gasteiger partial charge in [-0.1, -0.05) is 60.7 Å². The van der Waals surface area contributed by atoms with E-state index in [1.165, 1.54) is 0 Å². The van der Waals surface area contributed by atoms with E-state index in [1.54, 1.807) is 54.6 Å². The fraction of sp³-hybridized carbons (Fsp3) is 0.0455. The van der Waals surface area contributed by atoms with Gasteiger partial charge in [0.05, 0.1) is 11.1 Å². The van der Waals surface area contributed by atoms with Crippen molar-refractivity contribution in [3.05, 3.63) is 107 Å². The van der Waals surface area contributed by atoms with Crippen LogP contribution >= 0.6 is 0 Å². The molecule has 5 rings (SSSR count). The van der Waals surface area contributed by atoms with Gasteiger partial charge < -0.3 is 10.4 Å². The van der Waals surface area contributed by atoms with Gasteiger partial charge in [-0.25, -0.2) is 0 Å². The molecular formula is C22H16N2O4. The van der Waals surface area contributed by atoms with Crippen molar-refractivity contribution in [2.45, 2.75) is 5.72 Å². The van der Waals surface area contributed by atoms with Gasteiger partial charge in [-0.3, -0.25) is 19.7 Å². The fourth-order valence-electron chi connectivity index (χ4n) is 3.32. The van der Waals surface area contributed by atoms with Crippen molar-refractivity contribution in [1.82, 2.24) is 10.6 Å². The van der Waals surface area contributed by atoms with Gasteiger partial charge >= 0.3 is 0 Å². The number of hydrogen-bond acceptors (Lipinski definition) is 4. The number of carbonyl (C=O) groups excluding carboxylic acids is 3. The largest absolute Gasteiger partial charge is 0.363 e. The SMILES string of the molecule is O=C1NC(=O)c2ccccc21.O=C1NC(O)(c2ccccc2)c2ccccc21. The third-order valence-corrected chi connectivity index (χ3v) is 4.69. The first kappa shape index (κ1) is 17.6. The van der Waals surface area contributed by atoms with Crippen LogP contribution in [0.4, 0.5) is 0 Å². The zero-order valence-corrected chi connectivity index (χ0v) is 14.7. The molecule has 1 atom stereocenters. The van der Waals surface area contributed by atoms with Crippen molar-refractivity contribution in [3.8, 4) is 0 Å². The standard InChI is InChI=1S/C14H11NO2.C8H5NO2/c16-13-11-8-4-5-9-12(11)14(17,15-13)10-6-2-1-3-7-10;10-7-5-3-1-2-4-6(5)8(11)9-7/h1-9,17H,(H,15,16);1-4H,(H,9,10,11). The Labute approximate surface area is 160 Å². The number of hydrogen-bond donors (Lipinski definition) is 3. The van der Waals surface area contributed by atoms with Crippen molar-refractivity contribution < 1.29 is 19.5 Å². The number of aliphatic hydroxyl groups is 1. The Balaban J connectivity index is 0.000000151. The highest BCUT2D eigenvalue weighted by Crippen LogP contribution is 2.34. The predicted molar refractivity (Wildman–Crippen MR) is 102 cm³/mol. The van der Waals surface area contributed by atoms with Crippen LogP contribution in [0.2, 0.25) is 0 Å². The maximum Gasteiger partial charge on any atom is 0.258 e. The van der Waals surface area contributed by atoms with Gasteiger partial charge in [-0.15, -0.1) is 0 Å². The second-order valence-electron chi connectivity index (χ2n) is 6.40. The van der Waals surface area contributed by atoms with Crippen molar-refractivity contribution in [1.29, 1.82) is 0 Å². The van der Waals surface area contributed by atoms with Crippen LogP contribution in [0.1, 0.15) is 42.2 Å². The number of amides is 3. The van der Waals surface area contributed by atoms with Crippen LogP contribution in [-0.2, 0) is 5.72 Å². The molecule has 2 aliphatic rings. The van der Waals surface area contributed by atoms with Gasteiger partial charge in [-0.2, -0.15) is 0 Å². The summed E-state index contributed by atoms with van der Waals surface area (Å²) in [6, 6.07) is 22.9. The van der Waals surface area contributed by atoms with Gasteiger partial charge in [0.2, 0.25) is 0 Å². The molecule has 6 heteroatoms. The minimum Gasteiger partial charge on any atom is -0.363 e. The molecule has 0 fully saturated rings. The summed E-state index contributed by atoms with van der Waals surface area (Å²) in [6.45, 7) is 0. The van der Waals surface area contributed by atoms with Crippen LogP contribution in [0.25, 0.3) is 0 Å². The van der Waals surface area contributed by atoms with E-state index < -0.39 is 5.72 Å². The molecule has 28 heavy (non-hydrogen) atoms. The Hall–Kier alpha value is -3.77. The Morgan fingerprint density at radius 2 is 1.11 bits per heavy atom. The summed E-state index contributed by atoms with van der Waals surface area (Å²) in [6.07, 6.45) is 0. The first-order valence-corrected chi connectivity index (χ1v) is 8.65. The maximum absolute atomic E-state index is 11.8. The molecule has 6 nitrogen and oxygen atoms in total. The number of fused-ring (bicyclic) bond motifs is 2. The van der Waals surface area contributed by atoms with Crippen molar-refractivity contribution in [2.75, 3.05) is 0 Å². The summed E-state index contributed by atoms with van der Waals surface area (Å²) in [5.41, 5.74) is 1.33. The second-order valence-corrected chi connectivity index (χ2v) is 6.40. The lowest BCUT2D eigenvalue weighted by Crippen LogP contribution is -2.40. The summed E-state index contributed by atoms with van der Waals surface area (Å²) in [5, 5.41) is 15.5. The monoisotopic (exact) mass is 372 g/mol. The molecule has 3 aromatic rings. The number of nitrogens with one attached hydrogen (secondary N) is 2. The molecule has 0 aromatic heterocycles. The summed E-state index contributed by atoms with van der Waals surface area (Å²) in [4.78, 5) is 33.7. The molecule has 0 bridgehead atoms. The molecule has 2 heterocycles. The van der Waals surface area contributed by atoms with Gasteiger partial charge in [0.15, 0.2) is 5.72 Å². The van der Waals surface area contributed by atoms with E-state index in [1.807, 2.05) is 24.3 Å². The van der Waals surface area contributed by atoms with E-state index in [-0.39, 0.29) is 17.7 Å². The predicted octanol–water partition coefficient (Wildman–Crippen LogP) is 2.19. The minimum atomic E-state index is -1.41. The lowest BCUT2D eigenvalue weighted by Gasteiger charge is -2.24. The smallest absolute Gasteiger partial charge is 0.258 e. The summed E-state index contributed by atoms with van der Waals surface area (Å²) in [7, 11) is 0. The van der Waals surface area contributed by atoms with Crippen molar-refractivity contribution >= 4 is 17.7 Å². The van der Waals surface area contributed by atoms with Gasteiger partial charge in [0.25, 0.3) is 17.7 Å². The van der Waals surface area contributed by atoms with Crippen LogP contribution in [0, 0.1) is 0 Å². The molecule has 3 aromatic carbocycles.